The van der Waals surface area contributed by atoms with Gasteiger partial charge < -0.3 is 14.8 Å². The highest BCUT2D eigenvalue weighted by atomic mass is 32.2. The molecule has 0 aromatic heterocycles. The molecule has 0 bridgehead atoms. The van der Waals surface area contributed by atoms with Crippen molar-refractivity contribution in [2.75, 3.05) is 25.1 Å². The molecule has 0 radical (unpaired) electrons. The maximum absolute atomic E-state index is 12.7. The molecule has 3 amide bonds. The monoisotopic (exact) mass is 440 g/mol. The van der Waals surface area contributed by atoms with Crippen LogP contribution in [0.4, 0.5) is 10.5 Å². The number of ether oxygens (including phenoxy) is 2. The number of thioether (sulfide) groups is 1. The maximum atomic E-state index is 12.7. The van der Waals surface area contributed by atoms with E-state index >= 15 is 0 Å². The fourth-order valence-corrected chi connectivity index (χ4v) is 3.76. The molecule has 1 heterocycles. The van der Waals surface area contributed by atoms with Gasteiger partial charge in [0, 0.05) is 5.69 Å². The van der Waals surface area contributed by atoms with Gasteiger partial charge in [-0.15, -0.1) is 0 Å². The van der Waals surface area contributed by atoms with Crippen LogP contribution in [-0.2, 0) is 9.59 Å². The normalized spacial score (nSPS) is 14.8. The molecule has 2 aromatic carbocycles. The Morgan fingerprint density at radius 2 is 1.71 bits per heavy atom. The summed E-state index contributed by atoms with van der Waals surface area (Å²) in [6.07, 6.45) is 1.61. The third kappa shape index (κ3) is 5.67. The minimum Gasteiger partial charge on any atom is -0.490 e. The molecule has 1 aliphatic rings. The number of carbonyl (C=O) groups excluding carboxylic acids is 3. The highest BCUT2D eigenvalue weighted by Gasteiger charge is 2.36. The molecule has 1 fully saturated rings. The van der Waals surface area contributed by atoms with Gasteiger partial charge in [-0.25, -0.2) is 0 Å². The van der Waals surface area contributed by atoms with Crippen molar-refractivity contribution in [3.05, 3.63) is 58.5 Å². The topological polar surface area (TPSA) is 84.9 Å². The lowest BCUT2D eigenvalue weighted by molar-refractivity contribution is -0.127. The minimum absolute atomic E-state index is 0.250. The zero-order valence-corrected chi connectivity index (χ0v) is 18.5. The Labute approximate surface area is 185 Å². The first kappa shape index (κ1) is 22.4. The zero-order valence-electron chi connectivity index (χ0n) is 17.6. The SMILES string of the molecule is CCOc1ccc(/C=C2\SC(=O)N(CC(=O)Nc3ccc(C)cc3)C2=O)cc1OCC. The summed E-state index contributed by atoms with van der Waals surface area (Å²) in [5.74, 6) is 0.241. The summed E-state index contributed by atoms with van der Waals surface area (Å²) in [6, 6.07) is 12.6. The Balaban J connectivity index is 1.71. The molecule has 1 aliphatic heterocycles. The second-order valence-electron chi connectivity index (χ2n) is 6.75. The quantitative estimate of drug-likeness (QED) is 0.610. The number of aryl methyl sites for hydroxylation is 1. The second-order valence-corrected chi connectivity index (χ2v) is 7.75. The lowest BCUT2D eigenvalue weighted by Crippen LogP contribution is -2.36. The summed E-state index contributed by atoms with van der Waals surface area (Å²) in [6.45, 7) is 6.33. The van der Waals surface area contributed by atoms with Gasteiger partial charge in [0.2, 0.25) is 5.91 Å². The highest BCUT2D eigenvalue weighted by molar-refractivity contribution is 8.18. The van der Waals surface area contributed by atoms with Crippen LogP contribution in [0, 0.1) is 6.92 Å². The molecule has 1 saturated heterocycles. The van der Waals surface area contributed by atoms with Crippen LogP contribution in [0.2, 0.25) is 0 Å². The molecule has 0 spiro atoms. The Morgan fingerprint density at radius 1 is 1.03 bits per heavy atom. The van der Waals surface area contributed by atoms with Gasteiger partial charge in [0.05, 0.1) is 18.1 Å². The average molecular weight is 441 g/mol. The van der Waals surface area contributed by atoms with Crippen LogP contribution in [0.3, 0.4) is 0 Å². The highest BCUT2D eigenvalue weighted by Crippen LogP contribution is 2.34. The van der Waals surface area contributed by atoms with Gasteiger partial charge in [-0.1, -0.05) is 23.8 Å². The van der Waals surface area contributed by atoms with E-state index in [1.165, 1.54) is 0 Å². The fourth-order valence-electron chi connectivity index (χ4n) is 2.93. The number of nitrogens with one attached hydrogen (secondary N) is 1. The number of anilines is 1. The lowest BCUT2D eigenvalue weighted by atomic mass is 10.2. The molecule has 0 atom stereocenters. The van der Waals surface area contributed by atoms with Gasteiger partial charge in [0.1, 0.15) is 6.54 Å². The molecule has 8 heteroatoms. The van der Waals surface area contributed by atoms with Gasteiger partial charge in [-0.2, -0.15) is 0 Å². The van der Waals surface area contributed by atoms with Gasteiger partial charge in [-0.3, -0.25) is 19.3 Å². The number of hydrogen-bond acceptors (Lipinski definition) is 6. The number of nitrogens with zero attached hydrogens (tertiary/aromatic N) is 1. The van der Waals surface area contributed by atoms with Crippen molar-refractivity contribution < 1.29 is 23.9 Å². The molecule has 7 nitrogen and oxygen atoms in total. The number of carbonyl (C=O) groups is 3. The first-order valence-corrected chi connectivity index (χ1v) is 10.7. The predicted octanol–water partition coefficient (Wildman–Crippen LogP) is 4.47. The van der Waals surface area contributed by atoms with Crippen LogP contribution in [0.25, 0.3) is 6.08 Å². The van der Waals surface area contributed by atoms with Gasteiger partial charge in [0.25, 0.3) is 11.1 Å². The smallest absolute Gasteiger partial charge is 0.294 e. The van der Waals surface area contributed by atoms with E-state index in [1.807, 2.05) is 32.9 Å². The van der Waals surface area contributed by atoms with Crippen molar-refractivity contribution in [3.8, 4) is 11.5 Å². The molecule has 0 saturated carbocycles. The number of hydrogen-bond donors (Lipinski definition) is 1. The molecular formula is C23H24N2O5S. The molecule has 3 rings (SSSR count). The Hall–Kier alpha value is -3.26. The van der Waals surface area contributed by atoms with Crippen molar-refractivity contribution in [3.63, 3.8) is 0 Å². The lowest BCUT2D eigenvalue weighted by Gasteiger charge is -2.13. The van der Waals surface area contributed by atoms with Crippen molar-refractivity contribution in [1.29, 1.82) is 0 Å². The standard InChI is InChI=1S/C23H24N2O5S/c1-4-29-18-11-8-16(12-19(18)30-5-2)13-20-22(27)25(23(28)31-20)14-21(26)24-17-9-6-15(3)7-10-17/h6-13H,4-5,14H2,1-3H3,(H,24,26)/b20-13-. The molecule has 31 heavy (non-hydrogen) atoms. The van der Waals surface area contributed by atoms with Gasteiger partial charge >= 0.3 is 0 Å². The van der Waals surface area contributed by atoms with Crippen LogP contribution in [-0.4, -0.2) is 41.7 Å². The van der Waals surface area contributed by atoms with Gasteiger partial charge in [-0.05, 0) is 68.4 Å². The summed E-state index contributed by atoms with van der Waals surface area (Å²) in [5, 5.41) is 2.22. The van der Waals surface area contributed by atoms with Crippen molar-refractivity contribution >= 4 is 40.6 Å². The van der Waals surface area contributed by atoms with Gasteiger partial charge in [0.15, 0.2) is 11.5 Å². The number of amides is 3. The number of rotatable bonds is 8. The first-order chi connectivity index (χ1) is 14.9. The van der Waals surface area contributed by atoms with E-state index in [1.54, 1.807) is 36.4 Å². The molecule has 1 N–H and O–H groups in total. The van der Waals surface area contributed by atoms with Crippen LogP contribution in [0.5, 0.6) is 11.5 Å². The fraction of sp³-hybridized carbons (Fsp3) is 0.261. The van der Waals surface area contributed by atoms with Crippen molar-refractivity contribution in [2.45, 2.75) is 20.8 Å². The van der Waals surface area contributed by atoms with E-state index in [0.717, 1.165) is 22.2 Å². The van der Waals surface area contributed by atoms with Crippen LogP contribution >= 0.6 is 11.8 Å². The van der Waals surface area contributed by atoms with E-state index in [2.05, 4.69) is 5.32 Å². The van der Waals surface area contributed by atoms with Crippen LogP contribution in [0.15, 0.2) is 47.4 Å². The molecule has 162 valence electrons. The summed E-state index contributed by atoms with van der Waals surface area (Å²) in [7, 11) is 0. The number of benzene rings is 2. The van der Waals surface area contributed by atoms with E-state index < -0.39 is 17.1 Å². The molecule has 2 aromatic rings. The predicted molar refractivity (Wildman–Crippen MR) is 121 cm³/mol. The average Bonchev–Trinajstić information content (AvgIpc) is 2.99. The van der Waals surface area contributed by atoms with E-state index in [-0.39, 0.29) is 11.4 Å². The third-order valence-corrected chi connectivity index (χ3v) is 5.28. The molecule has 0 unspecified atom stereocenters. The second kappa shape index (κ2) is 10.2. The Bertz CT molecular complexity index is 1020. The Kier molecular flexibility index (Phi) is 7.36. The van der Waals surface area contributed by atoms with E-state index in [4.69, 9.17) is 9.47 Å². The molecule has 0 aliphatic carbocycles. The van der Waals surface area contributed by atoms with Crippen molar-refractivity contribution in [2.24, 2.45) is 0 Å². The van der Waals surface area contributed by atoms with Crippen LogP contribution in [0.1, 0.15) is 25.0 Å². The molecular weight excluding hydrogens is 416 g/mol. The van der Waals surface area contributed by atoms with E-state index in [9.17, 15) is 14.4 Å². The number of imide groups is 1. The van der Waals surface area contributed by atoms with E-state index in [0.29, 0.717) is 36.0 Å². The largest absolute Gasteiger partial charge is 0.490 e. The third-order valence-electron chi connectivity index (χ3n) is 4.38. The summed E-state index contributed by atoms with van der Waals surface area (Å²) in [5.41, 5.74) is 2.37. The summed E-state index contributed by atoms with van der Waals surface area (Å²) >= 11 is 0.807. The first-order valence-electron chi connectivity index (χ1n) is 9.92. The maximum Gasteiger partial charge on any atom is 0.294 e. The van der Waals surface area contributed by atoms with Crippen molar-refractivity contribution in [1.82, 2.24) is 4.90 Å². The summed E-state index contributed by atoms with van der Waals surface area (Å²) in [4.78, 5) is 38.5. The summed E-state index contributed by atoms with van der Waals surface area (Å²) < 4.78 is 11.1. The zero-order chi connectivity index (χ0) is 22.4. The minimum atomic E-state index is -0.499. The van der Waals surface area contributed by atoms with Crippen LogP contribution < -0.4 is 14.8 Å². The Morgan fingerprint density at radius 3 is 2.39 bits per heavy atom.